The lowest BCUT2D eigenvalue weighted by molar-refractivity contribution is -0.262. The van der Waals surface area contributed by atoms with Gasteiger partial charge in [-0.1, -0.05) is 36.8 Å². The molecule has 2 heteroatoms. The number of hydrogen-bond donors (Lipinski definition) is 0. The molecule has 0 amide bonds. The SMILES string of the molecule is [O]C1(OCc2ccccc2)CCCCC1. The van der Waals surface area contributed by atoms with Gasteiger partial charge in [-0.25, -0.2) is 0 Å². The Bertz CT molecular complexity index is 289. The smallest absolute Gasteiger partial charge is 0.202 e. The standard InChI is InChI=1S/C13H17O2/c14-13(9-5-2-6-10-13)15-11-12-7-3-1-4-8-12/h1,3-4,7-8H,2,5-6,9-11H2. The Morgan fingerprint density at radius 1 is 1.07 bits per heavy atom. The first-order valence-corrected chi connectivity index (χ1v) is 5.67. The van der Waals surface area contributed by atoms with Crippen molar-refractivity contribution in [2.75, 3.05) is 0 Å². The normalized spacial score (nSPS) is 20.1. The molecule has 81 valence electrons. The maximum atomic E-state index is 12.1. The molecule has 0 atom stereocenters. The minimum atomic E-state index is -1.12. The second-order valence-electron chi connectivity index (χ2n) is 4.25. The molecule has 2 rings (SSSR count). The van der Waals surface area contributed by atoms with Crippen LogP contribution in [0.3, 0.4) is 0 Å². The van der Waals surface area contributed by atoms with Gasteiger partial charge in [-0.05, 0) is 18.4 Å². The highest BCUT2D eigenvalue weighted by atomic mass is 16.6. The van der Waals surface area contributed by atoms with Crippen LogP contribution in [0.4, 0.5) is 0 Å². The Kier molecular flexibility index (Phi) is 3.39. The molecular weight excluding hydrogens is 188 g/mol. The van der Waals surface area contributed by atoms with Gasteiger partial charge in [0.05, 0.1) is 6.61 Å². The summed E-state index contributed by atoms with van der Waals surface area (Å²) in [6.45, 7) is 0.449. The molecule has 1 saturated carbocycles. The van der Waals surface area contributed by atoms with Crippen LogP contribution < -0.4 is 0 Å². The highest BCUT2D eigenvalue weighted by molar-refractivity contribution is 5.13. The van der Waals surface area contributed by atoms with Gasteiger partial charge >= 0.3 is 0 Å². The van der Waals surface area contributed by atoms with Crippen molar-refractivity contribution < 1.29 is 9.84 Å². The second kappa shape index (κ2) is 4.77. The van der Waals surface area contributed by atoms with Crippen molar-refractivity contribution in [3.05, 3.63) is 35.9 Å². The molecule has 1 fully saturated rings. The van der Waals surface area contributed by atoms with Crippen molar-refractivity contribution >= 4 is 0 Å². The molecule has 15 heavy (non-hydrogen) atoms. The Hall–Kier alpha value is -0.860. The molecule has 2 nitrogen and oxygen atoms in total. The lowest BCUT2D eigenvalue weighted by Crippen LogP contribution is -2.32. The summed E-state index contributed by atoms with van der Waals surface area (Å²) in [6.07, 6.45) is 4.54. The Morgan fingerprint density at radius 3 is 2.40 bits per heavy atom. The third-order valence-electron chi connectivity index (χ3n) is 2.96. The van der Waals surface area contributed by atoms with Crippen molar-refractivity contribution in [1.82, 2.24) is 0 Å². The van der Waals surface area contributed by atoms with E-state index in [1.807, 2.05) is 30.3 Å². The minimum absolute atomic E-state index is 0.449. The quantitative estimate of drug-likeness (QED) is 0.696. The highest BCUT2D eigenvalue weighted by Gasteiger charge is 2.31. The molecule has 1 aliphatic rings. The van der Waals surface area contributed by atoms with Gasteiger partial charge in [-0.3, -0.25) is 0 Å². The molecular formula is C13H17O2. The molecule has 0 bridgehead atoms. The van der Waals surface area contributed by atoms with Gasteiger partial charge in [0.2, 0.25) is 5.79 Å². The Morgan fingerprint density at radius 2 is 1.73 bits per heavy atom. The van der Waals surface area contributed by atoms with Crippen LogP contribution in [-0.2, 0) is 16.5 Å². The first-order chi connectivity index (χ1) is 7.29. The summed E-state index contributed by atoms with van der Waals surface area (Å²) in [5.74, 6) is -1.12. The number of hydrogen-bond acceptors (Lipinski definition) is 1. The molecule has 1 radical (unpaired) electrons. The average molecular weight is 205 g/mol. The summed E-state index contributed by atoms with van der Waals surface area (Å²) >= 11 is 0. The van der Waals surface area contributed by atoms with E-state index in [4.69, 9.17) is 4.74 Å². The van der Waals surface area contributed by atoms with Gasteiger partial charge in [-0.2, -0.15) is 5.11 Å². The fourth-order valence-corrected chi connectivity index (χ4v) is 2.02. The van der Waals surface area contributed by atoms with Crippen LogP contribution in [0.25, 0.3) is 0 Å². The second-order valence-corrected chi connectivity index (χ2v) is 4.25. The van der Waals surface area contributed by atoms with Crippen LogP contribution in [-0.4, -0.2) is 5.79 Å². The summed E-state index contributed by atoms with van der Waals surface area (Å²) in [7, 11) is 0. The van der Waals surface area contributed by atoms with Crippen LogP contribution in [0, 0.1) is 0 Å². The van der Waals surface area contributed by atoms with Gasteiger partial charge in [0, 0.05) is 12.8 Å². The molecule has 0 saturated heterocycles. The molecule has 0 spiro atoms. The van der Waals surface area contributed by atoms with Crippen molar-refractivity contribution in [2.24, 2.45) is 0 Å². The van der Waals surface area contributed by atoms with E-state index in [1.54, 1.807) is 0 Å². The van der Waals surface area contributed by atoms with Crippen LogP contribution in [0.1, 0.15) is 37.7 Å². The number of rotatable bonds is 3. The van der Waals surface area contributed by atoms with Crippen LogP contribution in [0.2, 0.25) is 0 Å². The van der Waals surface area contributed by atoms with Crippen molar-refractivity contribution in [1.29, 1.82) is 0 Å². The third kappa shape index (κ3) is 3.05. The zero-order valence-corrected chi connectivity index (χ0v) is 8.95. The predicted octanol–water partition coefficient (Wildman–Crippen LogP) is 3.29. The maximum absolute atomic E-state index is 12.1. The topological polar surface area (TPSA) is 29.1 Å². The molecule has 1 aliphatic carbocycles. The van der Waals surface area contributed by atoms with E-state index in [1.165, 1.54) is 6.42 Å². The van der Waals surface area contributed by atoms with E-state index in [0.29, 0.717) is 19.4 Å². The van der Waals surface area contributed by atoms with E-state index in [-0.39, 0.29) is 0 Å². The number of ether oxygens (including phenoxy) is 1. The monoisotopic (exact) mass is 205 g/mol. The summed E-state index contributed by atoms with van der Waals surface area (Å²) < 4.78 is 5.50. The predicted molar refractivity (Wildman–Crippen MR) is 57.7 cm³/mol. The lowest BCUT2D eigenvalue weighted by Gasteiger charge is -2.29. The Labute approximate surface area is 90.9 Å². The Balaban J connectivity index is 1.87. The fourth-order valence-electron chi connectivity index (χ4n) is 2.02. The van der Waals surface area contributed by atoms with Crippen LogP contribution in [0.15, 0.2) is 30.3 Å². The summed E-state index contributed by atoms with van der Waals surface area (Å²) in [5.41, 5.74) is 1.08. The fraction of sp³-hybridized carbons (Fsp3) is 0.538. The summed E-state index contributed by atoms with van der Waals surface area (Å²) in [4.78, 5) is 0. The molecule has 0 aliphatic heterocycles. The molecule has 0 heterocycles. The number of benzene rings is 1. The van der Waals surface area contributed by atoms with Gasteiger partial charge in [0.25, 0.3) is 0 Å². The largest absolute Gasteiger partial charge is 0.342 e. The zero-order chi connectivity index (χ0) is 10.6. The first kappa shape index (κ1) is 10.7. The lowest BCUT2D eigenvalue weighted by atomic mass is 9.94. The van der Waals surface area contributed by atoms with E-state index >= 15 is 0 Å². The first-order valence-electron chi connectivity index (χ1n) is 5.67. The van der Waals surface area contributed by atoms with Crippen LogP contribution in [0.5, 0.6) is 0 Å². The molecule has 0 unspecified atom stereocenters. The zero-order valence-electron chi connectivity index (χ0n) is 8.95. The van der Waals surface area contributed by atoms with E-state index in [9.17, 15) is 5.11 Å². The third-order valence-corrected chi connectivity index (χ3v) is 2.96. The molecule has 0 aromatic heterocycles. The summed E-state index contributed by atoms with van der Waals surface area (Å²) in [6, 6.07) is 9.89. The highest BCUT2D eigenvalue weighted by Crippen LogP contribution is 2.30. The van der Waals surface area contributed by atoms with Gasteiger partial charge in [-0.15, -0.1) is 0 Å². The van der Waals surface area contributed by atoms with E-state index in [2.05, 4.69) is 0 Å². The van der Waals surface area contributed by atoms with Gasteiger partial charge in [0.1, 0.15) is 0 Å². The molecule has 1 aromatic carbocycles. The molecule has 1 aromatic rings. The van der Waals surface area contributed by atoms with Gasteiger partial charge < -0.3 is 4.74 Å². The van der Waals surface area contributed by atoms with E-state index < -0.39 is 5.79 Å². The van der Waals surface area contributed by atoms with Crippen molar-refractivity contribution in [3.63, 3.8) is 0 Å². The van der Waals surface area contributed by atoms with E-state index in [0.717, 1.165) is 18.4 Å². The van der Waals surface area contributed by atoms with Crippen molar-refractivity contribution in [3.8, 4) is 0 Å². The van der Waals surface area contributed by atoms with Crippen molar-refractivity contribution in [2.45, 2.75) is 44.5 Å². The molecule has 0 N–H and O–H groups in total. The van der Waals surface area contributed by atoms with Crippen LogP contribution >= 0.6 is 0 Å². The average Bonchev–Trinajstić information content (AvgIpc) is 2.29. The van der Waals surface area contributed by atoms with Gasteiger partial charge in [0.15, 0.2) is 0 Å². The minimum Gasteiger partial charge on any atom is -0.342 e. The maximum Gasteiger partial charge on any atom is 0.202 e. The summed E-state index contributed by atoms with van der Waals surface area (Å²) in [5, 5.41) is 12.1.